The van der Waals surface area contributed by atoms with Crippen molar-refractivity contribution in [3.05, 3.63) is 67.1 Å². The number of aryl methyl sites for hydroxylation is 1. The molecule has 0 radical (unpaired) electrons. The smallest absolute Gasteiger partial charge is 0.227 e. The van der Waals surface area contributed by atoms with Crippen LogP contribution in [-0.2, 0) is 11.8 Å². The molecule has 4 aromatic rings. The summed E-state index contributed by atoms with van der Waals surface area (Å²) >= 11 is 0. The maximum absolute atomic E-state index is 10.5. The molecular formula is C21H19N7O. The summed E-state index contributed by atoms with van der Waals surface area (Å²) in [7, 11) is 1.91. The summed E-state index contributed by atoms with van der Waals surface area (Å²) in [5, 5.41) is 14.3. The molecule has 0 aliphatic carbocycles. The lowest BCUT2D eigenvalue weighted by Crippen LogP contribution is -2.01. The second kappa shape index (κ2) is 8.30. The first-order valence-electron chi connectivity index (χ1n) is 9.05. The van der Waals surface area contributed by atoms with E-state index in [4.69, 9.17) is 0 Å². The molecule has 8 nitrogen and oxygen atoms in total. The molecule has 0 unspecified atom stereocenters. The zero-order chi connectivity index (χ0) is 20.1. The molecule has 8 heteroatoms. The van der Waals surface area contributed by atoms with Crippen molar-refractivity contribution in [3.63, 3.8) is 0 Å². The molecule has 2 N–H and O–H groups in total. The minimum atomic E-state index is 0.288. The van der Waals surface area contributed by atoms with Crippen LogP contribution in [0.25, 0.3) is 22.6 Å². The summed E-state index contributed by atoms with van der Waals surface area (Å²) in [6, 6.07) is 17.4. The highest BCUT2D eigenvalue weighted by Gasteiger charge is 2.06. The van der Waals surface area contributed by atoms with E-state index in [2.05, 4.69) is 30.8 Å². The van der Waals surface area contributed by atoms with E-state index < -0.39 is 0 Å². The van der Waals surface area contributed by atoms with Crippen LogP contribution in [0.5, 0.6) is 0 Å². The Kier molecular flexibility index (Phi) is 5.24. The topological polar surface area (TPSA) is 97.6 Å². The Morgan fingerprint density at radius 3 is 2.38 bits per heavy atom. The largest absolute Gasteiger partial charge is 0.378 e. The Balaban J connectivity index is 1.49. The van der Waals surface area contributed by atoms with Gasteiger partial charge in [-0.2, -0.15) is 0 Å². The van der Waals surface area contributed by atoms with E-state index in [1.807, 2.05) is 66.2 Å². The zero-order valence-corrected chi connectivity index (χ0v) is 15.8. The highest BCUT2D eigenvalue weighted by molar-refractivity contribution is 5.67. The van der Waals surface area contributed by atoms with Crippen molar-refractivity contribution in [2.45, 2.75) is 0 Å². The highest BCUT2D eigenvalue weighted by atomic mass is 16.1. The first-order chi connectivity index (χ1) is 14.2. The van der Waals surface area contributed by atoms with Crippen LogP contribution in [0, 0.1) is 0 Å². The van der Waals surface area contributed by atoms with Crippen LogP contribution in [0.1, 0.15) is 0 Å². The number of aldehydes is 1. The number of aromatic nitrogens is 5. The van der Waals surface area contributed by atoms with Crippen molar-refractivity contribution in [3.8, 4) is 22.6 Å². The second-order valence-corrected chi connectivity index (χ2v) is 6.36. The Morgan fingerprint density at radius 2 is 1.69 bits per heavy atom. The summed E-state index contributed by atoms with van der Waals surface area (Å²) in [6.45, 7) is 0.288. The van der Waals surface area contributed by atoms with E-state index in [-0.39, 0.29) is 6.54 Å². The maximum atomic E-state index is 10.5. The Hall–Kier alpha value is -4.07. The van der Waals surface area contributed by atoms with Crippen molar-refractivity contribution >= 4 is 23.6 Å². The predicted octanol–water partition coefficient (Wildman–Crippen LogP) is 3.29. The van der Waals surface area contributed by atoms with Crippen LogP contribution >= 0.6 is 0 Å². The van der Waals surface area contributed by atoms with Gasteiger partial charge in [-0.3, -0.25) is 0 Å². The van der Waals surface area contributed by atoms with Gasteiger partial charge >= 0.3 is 0 Å². The molecule has 0 aliphatic heterocycles. The quantitative estimate of drug-likeness (QED) is 0.471. The fourth-order valence-corrected chi connectivity index (χ4v) is 2.87. The van der Waals surface area contributed by atoms with Crippen LogP contribution < -0.4 is 10.6 Å². The Morgan fingerprint density at radius 1 is 0.966 bits per heavy atom. The number of nitrogens with one attached hydrogen (secondary N) is 2. The third-order valence-corrected chi connectivity index (χ3v) is 4.34. The average Bonchev–Trinajstić information content (AvgIpc) is 3.19. The number of hydrogen-bond acceptors (Lipinski definition) is 7. The summed E-state index contributed by atoms with van der Waals surface area (Å²) < 4.78 is 1.87. The molecule has 0 atom stereocenters. The molecule has 2 heterocycles. The standard InChI is InChI=1S/C21H19N7O/c1-28-14-24-27-20(28)16-4-8-18(9-5-16)25-21-23-11-10-19(26-21)15-2-6-17(7-3-15)22-12-13-29/h2-11,13-14,22H,12H2,1H3,(H,23,25,26). The Bertz CT molecular complexity index is 1100. The minimum Gasteiger partial charge on any atom is -0.378 e. The number of carbonyl (C=O) groups is 1. The van der Waals surface area contributed by atoms with E-state index in [1.165, 1.54) is 0 Å². The molecule has 0 bridgehead atoms. The van der Waals surface area contributed by atoms with Gasteiger partial charge < -0.3 is 20.0 Å². The second-order valence-electron chi connectivity index (χ2n) is 6.36. The van der Waals surface area contributed by atoms with E-state index >= 15 is 0 Å². The van der Waals surface area contributed by atoms with Gasteiger partial charge in [-0.1, -0.05) is 12.1 Å². The first-order valence-corrected chi connectivity index (χ1v) is 9.05. The predicted molar refractivity (Wildman–Crippen MR) is 112 cm³/mol. The molecule has 0 saturated carbocycles. The minimum absolute atomic E-state index is 0.288. The number of carbonyl (C=O) groups excluding carboxylic acids is 1. The number of anilines is 3. The third-order valence-electron chi connectivity index (χ3n) is 4.34. The van der Waals surface area contributed by atoms with Crippen molar-refractivity contribution in [1.82, 2.24) is 24.7 Å². The lowest BCUT2D eigenvalue weighted by molar-refractivity contribution is -0.106. The Labute approximate surface area is 167 Å². The summed E-state index contributed by atoms with van der Waals surface area (Å²) in [5.74, 6) is 1.32. The molecule has 0 spiro atoms. The number of nitrogens with zero attached hydrogens (tertiary/aromatic N) is 5. The molecule has 4 rings (SSSR count). The molecule has 2 aromatic heterocycles. The van der Waals surface area contributed by atoms with Gasteiger partial charge in [0.25, 0.3) is 0 Å². The van der Waals surface area contributed by atoms with Crippen molar-refractivity contribution in [2.75, 3.05) is 17.2 Å². The van der Waals surface area contributed by atoms with Crippen LogP contribution in [-0.4, -0.2) is 37.6 Å². The van der Waals surface area contributed by atoms with E-state index in [0.717, 1.165) is 40.3 Å². The van der Waals surface area contributed by atoms with Crippen molar-refractivity contribution in [2.24, 2.45) is 7.05 Å². The molecule has 144 valence electrons. The van der Waals surface area contributed by atoms with Gasteiger partial charge in [0.2, 0.25) is 5.95 Å². The lowest BCUT2D eigenvalue weighted by atomic mass is 10.1. The first kappa shape index (κ1) is 18.3. The van der Waals surface area contributed by atoms with Gasteiger partial charge in [-0.05, 0) is 42.5 Å². The molecule has 0 fully saturated rings. The van der Waals surface area contributed by atoms with Gasteiger partial charge in [0, 0.05) is 35.7 Å². The van der Waals surface area contributed by atoms with Gasteiger partial charge in [-0.25, -0.2) is 9.97 Å². The van der Waals surface area contributed by atoms with Crippen LogP contribution in [0.3, 0.4) is 0 Å². The number of rotatable bonds is 7. The van der Waals surface area contributed by atoms with Crippen LogP contribution in [0.15, 0.2) is 67.1 Å². The van der Waals surface area contributed by atoms with E-state index in [9.17, 15) is 4.79 Å². The SMILES string of the molecule is Cn1cnnc1-c1ccc(Nc2nccc(-c3ccc(NCC=O)cc3)n2)cc1. The third kappa shape index (κ3) is 4.27. The lowest BCUT2D eigenvalue weighted by Gasteiger charge is -2.08. The molecule has 29 heavy (non-hydrogen) atoms. The maximum Gasteiger partial charge on any atom is 0.227 e. The fourth-order valence-electron chi connectivity index (χ4n) is 2.87. The summed E-state index contributed by atoms with van der Waals surface area (Å²) in [5.41, 5.74) is 4.51. The van der Waals surface area contributed by atoms with Crippen molar-refractivity contribution < 1.29 is 4.79 Å². The molecule has 0 saturated heterocycles. The summed E-state index contributed by atoms with van der Waals surface area (Å²) in [6.07, 6.45) is 4.22. The zero-order valence-electron chi connectivity index (χ0n) is 15.8. The van der Waals surface area contributed by atoms with Gasteiger partial charge in [0.05, 0.1) is 12.2 Å². The van der Waals surface area contributed by atoms with E-state index in [1.54, 1.807) is 12.5 Å². The molecule has 2 aromatic carbocycles. The summed E-state index contributed by atoms with van der Waals surface area (Å²) in [4.78, 5) is 19.4. The number of hydrogen-bond donors (Lipinski definition) is 2. The van der Waals surface area contributed by atoms with Crippen molar-refractivity contribution in [1.29, 1.82) is 0 Å². The number of benzene rings is 2. The highest BCUT2D eigenvalue weighted by Crippen LogP contribution is 2.23. The molecule has 0 aliphatic rings. The normalized spacial score (nSPS) is 10.5. The fraction of sp³-hybridized carbons (Fsp3) is 0.0952. The average molecular weight is 385 g/mol. The van der Waals surface area contributed by atoms with E-state index in [0.29, 0.717) is 5.95 Å². The van der Waals surface area contributed by atoms with Gasteiger partial charge in [0.15, 0.2) is 5.82 Å². The monoisotopic (exact) mass is 385 g/mol. The van der Waals surface area contributed by atoms with Gasteiger partial charge in [0.1, 0.15) is 12.6 Å². The molecule has 0 amide bonds. The van der Waals surface area contributed by atoms with Gasteiger partial charge in [-0.15, -0.1) is 10.2 Å². The van der Waals surface area contributed by atoms with Crippen LogP contribution in [0.4, 0.5) is 17.3 Å². The van der Waals surface area contributed by atoms with Crippen LogP contribution in [0.2, 0.25) is 0 Å². The molecular weight excluding hydrogens is 366 g/mol.